The number of benzene rings is 3. The molecule has 0 fully saturated rings. The van der Waals surface area contributed by atoms with Crippen molar-refractivity contribution in [3.63, 3.8) is 0 Å². The molecular weight excluding hydrogens is 466 g/mol. The monoisotopic (exact) mass is 489 g/mol. The Morgan fingerprint density at radius 1 is 1.15 bits per heavy atom. The Balaban J connectivity index is 1.42. The number of hydrogen-bond acceptors (Lipinski definition) is 4. The molecule has 0 bridgehead atoms. The summed E-state index contributed by atoms with van der Waals surface area (Å²) in [5.41, 5.74) is 5.21. The van der Waals surface area contributed by atoms with Gasteiger partial charge in [-0.25, -0.2) is 4.98 Å². The van der Waals surface area contributed by atoms with Crippen molar-refractivity contribution in [3.05, 3.63) is 89.0 Å². The summed E-state index contributed by atoms with van der Waals surface area (Å²) in [6.45, 7) is 4.37. The number of carbonyl (C=O) groups is 1. The van der Waals surface area contributed by atoms with E-state index >= 15 is 0 Å². The maximum atomic E-state index is 12.2. The zero-order valence-corrected chi connectivity index (χ0v) is 20.4. The first kappa shape index (κ1) is 23.7. The first-order chi connectivity index (χ1) is 16.4. The summed E-state index contributed by atoms with van der Waals surface area (Å²) in [4.78, 5) is 16.9. The van der Waals surface area contributed by atoms with Crippen LogP contribution >= 0.6 is 23.8 Å². The van der Waals surface area contributed by atoms with E-state index in [1.165, 1.54) is 11.6 Å². The normalized spacial score (nSPS) is 12.1. The molecule has 7 heteroatoms. The highest BCUT2D eigenvalue weighted by Crippen LogP contribution is 2.29. The molecule has 0 aliphatic carbocycles. The molecular formula is C27H24ClN3O2S. The third-order valence-corrected chi connectivity index (χ3v) is 5.95. The molecule has 4 rings (SSSR count). The van der Waals surface area contributed by atoms with E-state index in [0.717, 1.165) is 28.6 Å². The van der Waals surface area contributed by atoms with Crippen LogP contribution in [0.3, 0.4) is 0 Å². The van der Waals surface area contributed by atoms with Crippen molar-refractivity contribution < 1.29 is 9.21 Å². The highest BCUT2D eigenvalue weighted by Gasteiger charge is 2.12. The summed E-state index contributed by atoms with van der Waals surface area (Å²) in [5.74, 6) is 0.662. The van der Waals surface area contributed by atoms with Gasteiger partial charge in [0.25, 0.3) is 0 Å². The summed E-state index contributed by atoms with van der Waals surface area (Å²) >= 11 is 11.2. The van der Waals surface area contributed by atoms with Gasteiger partial charge in [-0.15, -0.1) is 0 Å². The number of halogens is 1. The highest BCUT2D eigenvalue weighted by atomic mass is 35.5. The van der Waals surface area contributed by atoms with Gasteiger partial charge < -0.3 is 9.73 Å². The maximum Gasteiger partial charge on any atom is 0.250 e. The van der Waals surface area contributed by atoms with Crippen molar-refractivity contribution in [1.82, 2.24) is 10.3 Å². The Bertz CT molecular complexity index is 1360. The Hall–Kier alpha value is -3.48. The van der Waals surface area contributed by atoms with Gasteiger partial charge in [-0.3, -0.25) is 10.1 Å². The SMILES string of the molecule is CCC(C)c1ccc2oc(-c3cccc(NC(=S)NC(=O)C=Cc4ccc(Cl)cc4)c3)nc2c1. The maximum absolute atomic E-state index is 12.2. The molecule has 4 aromatic rings. The highest BCUT2D eigenvalue weighted by molar-refractivity contribution is 7.80. The van der Waals surface area contributed by atoms with Gasteiger partial charge >= 0.3 is 0 Å². The van der Waals surface area contributed by atoms with Crippen LogP contribution in [0.1, 0.15) is 37.3 Å². The van der Waals surface area contributed by atoms with Gasteiger partial charge in [0.2, 0.25) is 11.8 Å². The molecule has 1 amide bonds. The van der Waals surface area contributed by atoms with Gasteiger partial charge in [0.1, 0.15) is 5.52 Å². The van der Waals surface area contributed by atoms with E-state index in [1.54, 1.807) is 18.2 Å². The quantitative estimate of drug-likeness (QED) is 0.221. The van der Waals surface area contributed by atoms with Crippen LogP contribution in [0.25, 0.3) is 28.6 Å². The Morgan fingerprint density at radius 3 is 2.71 bits per heavy atom. The Labute approximate surface area is 208 Å². The minimum Gasteiger partial charge on any atom is -0.436 e. The van der Waals surface area contributed by atoms with Gasteiger partial charge in [-0.2, -0.15) is 0 Å². The van der Waals surface area contributed by atoms with E-state index in [0.29, 0.717) is 22.5 Å². The molecule has 0 saturated heterocycles. The fourth-order valence-corrected chi connectivity index (χ4v) is 3.75. The molecule has 0 aliphatic rings. The molecule has 0 saturated carbocycles. The average Bonchev–Trinajstić information content (AvgIpc) is 3.27. The number of anilines is 1. The molecule has 0 spiro atoms. The van der Waals surface area contributed by atoms with Crippen LogP contribution in [0.4, 0.5) is 5.69 Å². The third kappa shape index (κ3) is 5.90. The van der Waals surface area contributed by atoms with E-state index < -0.39 is 0 Å². The molecule has 34 heavy (non-hydrogen) atoms. The second kappa shape index (κ2) is 10.6. The number of carbonyl (C=O) groups excluding carboxylic acids is 1. The lowest BCUT2D eigenvalue weighted by Crippen LogP contribution is -2.32. The lowest BCUT2D eigenvalue weighted by atomic mass is 9.98. The van der Waals surface area contributed by atoms with Crippen molar-refractivity contribution in [1.29, 1.82) is 0 Å². The summed E-state index contributed by atoms with van der Waals surface area (Å²) in [6, 6.07) is 20.8. The van der Waals surface area contributed by atoms with Crippen molar-refractivity contribution in [2.45, 2.75) is 26.2 Å². The van der Waals surface area contributed by atoms with Crippen molar-refractivity contribution in [3.8, 4) is 11.5 Å². The molecule has 2 N–H and O–H groups in total. The molecule has 1 atom stereocenters. The van der Waals surface area contributed by atoms with E-state index in [2.05, 4.69) is 41.6 Å². The molecule has 0 radical (unpaired) electrons. The zero-order chi connectivity index (χ0) is 24.1. The lowest BCUT2D eigenvalue weighted by Gasteiger charge is -2.09. The summed E-state index contributed by atoms with van der Waals surface area (Å²) in [7, 11) is 0. The van der Waals surface area contributed by atoms with Gasteiger partial charge in [-0.1, -0.05) is 49.7 Å². The fraction of sp³-hybridized carbons (Fsp3) is 0.148. The van der Waals surface area contributed by atoms with E-state index in [4.69, 9.17) is 28.2 Å². The molecule has 1 aromatic heterocycles. The van der Waals surface area contributed by atoms with Crippen LogP contribution in [0.5, 0.6) is 0 Å². The first-order valence-electron chi connectivity index (χ1n) is 11.0. The Morgan fingerprint density at radius 2 is 1.94 bits per heavy atom. The number of aromatic nitrogens is 1. The minimum atomic E-state index is -0.334. The van der Waals surface area contributed by atoms with E-state index in [-0.39, 0.29) is 11.0 Å². The van der Waals surface area contributed by atoms with E-state index in [9.17, 15) is 4.79 Å². The number of oxazole rings is 1. The van der Waals surface area contributed by atoms with Crippen LogP contribution in [0.15, 0.2) is 77.2 Å². The molecule has 1 unspecified atom stereocenters. The summed E-state index contributed by atoms with van der Waals surface area (Å²) in [6.07, 6.45) is 4.17. The number of nitrogens with zero attached hydrogens (tertiary/aromatic N) is 1. The third-order valence-electron chi connectivity index (χ3n) is 5.49. The van der Waals surface area contributed by atoms with Crippen LogP contribution in [-0.4, -0.2) is 16.0 Å². The van der Waals surface area contributed by atoms with Gasteiger partial charge in [-0.05, 0) is 84.2 Å². The predicted octanol–water partition coefficient (Wildman–Crippen LogP) is 7.19. The number of fused-ring (bicyclic) bond motifs is 1. The predicted molar refractivity (Wildman–Crippen MR) is 143 cm³/mol. The van der Waals surface area contributed by atoms with Crippen molar-refractivity contribution in [2.24, 2.45) is 0 Å². The summed E-state index contributed by atoms with van der Waals surface area (Å²) in [5, 5.41) is 6.51. The molecule has 3 aromatic carbocycles. The largest absolute Gasteiger partial charge is 0.436 e. The zero-order valence-electron chi connectivity index (χ0n) is 18.8. The fourth-order valence-electron chi connectivity index (χ4n) is 3.40. The number of thiocarbonyl (C=S) groups is 1. The average molecular weight is 490 g/mol. The van der Waals surface area contributed by atoms with Gasteiger partial charge in [0.05, 0.1) is 0 Å². The smallest absolute Gasteiger partial charge is 0.250 e. The molecule has 0 aliphatic heterocycles. The molecule has 172 valence electrons. The number of nitrogens with one attached hydrogen (secondary N) is 2. The minimum absolute atomic E-state index is 0.193. The second-order valence-electron chi connectivity index (χ2n) is 7.96. The van der Waals surface area contributed by atoms with E-state index in [1.807, 2.05) is 42.5 Å². The van der Waals surface area contributed by atoms with Crippen LogP contribution in [0, 0.1) is 0 Å². The van der Waals surface area contributed by atoms with Crippen LogP contribution in [-0.2, 0) is 4.79 Å². The topological polar surface area (TPSA) is 67.2 Å². The number of hydrogen-bond donors (Lipinski definition) is 2. The summed E-state index contributed by atoms with van der Waals surface area (Å²) < 4.78 is 5.97. The van der Waals surface area contributed by atoms with Gasteiger partial charge in [0.15, 0.2) is 10.7 Å². The molecule has 5 nitrogen and oxygen atoms in total. The molecule has 1 heterocycles. The first-order valence-corrected chi connectivity index (χ1v) is 11.8. The second-order valence-corrected chi connectivity index (χ2v) is 8.81. The van der Waals surface area contributed by atoms with Crippen LogP contribution in [0.2, 0.25) is 5.02 Å². The number of amides is 1. The van der Waals surface area contributed by atoms with Crippen LogP contribution < -0.4 is 10.6 Å². The lowest BCUT2D eigenvalue weighted by molar-refractivity contribution is -0.115. The van der Waals surface area contributed by atoms with Crippen molar-refractivity contribution >= 4 is 57.7 Å². The van der Waals surface area contributed by atoms with Crippen molar-refractivity contribution in [2.75, 3.05) is 5.32 Å². The Kier molecular flexibility index (Phi) is 7.40. The van der Waals surface area contributed by atoms with Gasteiger partial charge in [0, 0.05) is 22.3 Å². The number of rotatable bonds is 6. The standard InChI is InChI=1S/C27H24ClN3O2S/c1-3-17(2)19-10-13-24-23(16-19)30-26(33-24)20-5-4-6-22(15-20)29-27(34)31-25(32)14-9-18-7-11-21(28)12-8-18/h4-17H,3H2,1-2H3,(H2,29,31,32,34).